The molecular weight excluding hydrogens is 359 g/mol. The largest absolute Gasteiger partial charge is 0.377 e. The molecule has 1 aromatic rings. The van der Waals surface area contributed by atoms with E-state index >= 15 is 0 Å². The minimum Gasteiger partial charge on any atom is -0.377 e. The Morgan fingerprint density at radius 1 is 1.28 bits per heavy atom. The van der Waals surface area contributed by atoms with Gasteiger partial charge in [0.05, 0.1) is 6.10 Å². The number of hydrogen-bond donors (Lipinski definition) is 0. The van der Waals surface area contributed by atoms with Gasteiger partial charge in [-0.25, -0.2) is 0 Å². The molecule has 2 aliphatic rings. The lowest BCUT2D eigenvalue weighted by Gasteiger charge is -2.32. The highest BCUT2D eigenvalue weighted by molar-refractivity contribution is 14.1. The summed E-state index contributed by atoms with van der Waals surface area (Å²) in [6.07, 6.45) is 5.24. The number of alkyl halides is 1. The van der Waals surface area contributed by atoms with Crippen LogP contribution in [0.15, 0.2) is 24.3 Å². The monoisotopic (exact) mass is 376 g/mol. The van der Waals surface area contributed by atoms with Crippen LogP contribution in [0.4, 0.5) is 0 Å². The van der Waals surface area contributed by atoms with E-state index in [-0.39, 0.29) is 5.41 Å². The molecule has 98 valence electrons. The molecule has 1 aromatic carbocycles. The van der Waals surface area contributed by atoms with Crippen LogP contribution in [0.1, 0.15) is 24.8 Å². The average Bonchev–Trinajstić information content (AvgIpc) is 3.14. The molecule has 2 atom stereocenters. The maximum absolute atomic E-state index is 6.33. The van der Waals surface area contributed by atoms with Gasteiger partial charge in [-0.2, -0.15) is 0 Å². The summed E-state index contributed by atoms with van der Waals surface area (Å²) in [5.41, 5.74) is 1.57. The van der Waals surface area contributed by atoms with Crippen LogP contribution in [0.2, 0.25) is 0 Å². The highest BCUT2D eigenvalue weighted by Crippen LogP contribution is 2.50. The lowest BCUT2D eigenvalue weighted by molar-refractivity contribution is 0.0403. The predicted octanol–water partition coefficient (Wildman–Crippen LogP) is 4.26. The van der Waals surface area contributed by atoms with E-state index in [1.165, 1.54) is 22.0 Å². The van der Waals surface area contributed by atoms with Crippen LogP contribution in [0.5, 0.6) is 0 Å². The van der Waals surface area contributed by atoms with Gasteiger partial charge in [-0.05, 0) is 71.9 Å². The molecule has 1 heterocycles. The SMILES string of the molecule is ClCC1(Cc2ccc(I)cc2)CCOC1C1CC1. The minimum atomic E-state index is 0.176. The van der Waals surface area contributed by atoms with Crippen molar-refractivity contribution in [1.29, 1.82) is 0 Å². The molecule has 3 heteroatoms. The summed E-state index contributed by atoms with van der Waals surface area (Å²) in [7, 11) is 0. The third-order valence-corrected chi connectivity index (χ3v) is 5.54. The highest BCUT2D eigenvalue weighted by Gasteiger charge is 2.50. The van der Waals surface area contributed by atoms with Crippen LogP contribution in [0.25, 0.3) is 0 Å². The van der Waals surface area contributed by atoms with Crippen molar-refractivity contribution in [3.63, 3.8) is 0 Å². The summed E-state index contributed by atoms with van der Waals surface area (Å²) in [6, 6.07) is 8.83. The second-order valence-electron chi connectivity index (χ2n) is 5.68. The molecule has 1 aliphatic heterocycles. The molecule has 0 spiro atoms. The smallest absolute Gasteiger partial charge is 0.0674 e. The molecule has 0 bridgehead atoms. The van der Waals surface area contributed by atoms with Gasteiger partial charge >= 0.3 is 0 Å². The van der Waals surface area contributed by atoms with Gasteiger partial charge in [-0.3, -0.25) is 0 Å². The third kappa shape index (κ3) is 2.56. The summed E-state index contributed by atoms with van der Waals surface area (Å²) in [5.74, 6) is 1.50. The summed E-state index contributed by atoms with van der Waals surface area (Å²) in [5, 5.41) is 0. The molecule has 0 aromatic heterocycles. The van der Waals surface area contributed by atoms with Crippen LogP contribution in [-0.2, 0) is 11.2 Å². The van der Waals surface area contributed by atoms with Crippen LogP contribution in [-0.4, -0.2) is 18.6 Å². The van der Waals surface area contributed by atoms with Crippen molar-refractivity contribution in [2.24, 2.45) is 11.3 Å². The van der Waals surface area contributed by atoms with Gasteiger partial charge in [0.1, 0.15) is 0 Å². The Balaban J connectivity index is 1.80. The first-order chi connectivity index (χ1) is 8.73. The van der Waals surface area contributed by atoms with E-state index in [0.29, 0.717) is 6.10 Å². The van der Waals surface area contributed by atoms with Crippen molar-refractivity contribution < 1.29 is 4.74 Å². The molecule has 1 saturated carbocycles. The van der Waals surface area contributed by atoms with E-state index in [4.69, 9.17) is 16.3 Å². The lowest BCUT2D eigenvalue weighted by Crippen LogP contribution is -2.36. The minimum absolute atomic E-state index is 0.176. The van der Waals surface area contributed by atoms with Crippen molar-refractivity contribution in [3.8, 4) is 0 Å². The number of rotatable bonds is 4. The molecule has 0 amide bonds. The first kappa shape index (κ1) is 13.2. The van der Waals surface area contributed by atoms with E-state index < -0.39 is 0 Å². The number of hydrogen-bond acceptors (Lipinski definition) is 1. The molecule has 0 N–H and O–H groups in total. The molecule has 1 nitrogen and oxygen atoms in total. The quantitative estimate of drug-likeness (QED) is 0.564. The first-order valence-corrected chi connectivity index (χ1v) is 8.27. The predicted molar refractivity (Wildman–Crippen MR) is 83.1 cm³/mol. The van der Waals surface area contributed by atoms with Crippen molar-refractivity contribution in [3.05, 3.63) is 33.4 Å². The fourth-order valence-electron chi connectivity index (χ4n) is 3.13. The van der Waals surface area contributed by atoms with Gasteiger partial charge < -0.3 is 4.74 Å². The standard InChI is InChI=1S/C15H18ClIO/c16-10-15(7-8-18-14(15)12-3-4-12)9-11-1-5-13(17)6-2-11/h1-2,5-6,12,14H,3-4,7-10H2. The summed E-state index contributed by atoms with van der Waals surface area (Å²) < 4.78 is 7.28. The van der Waals surface area contributed by atoms with Crippen LogP contribution >= 0.6 is 34.2 Å². The van der Waals surface area contributed by atoms with Crippen molar-refractivity contribution >= 4 is 34.2 Å². The fraction of sp³-hybridized carbons (Fsp3) is 0.600. The zero-order valence-electron chi connectivity index (χ0n) is 10.4. The van der Waals surface area contributed by atoms with E-state index in [0.717, 1.165) is 31.2 Å². The zero-order chi connectivity index (χ0) is 12.6. The number of halogens is 2. The summed E-state index contributed by atoms with van der Waals surface area (Å²) in [4.78, 5) is 0. The average molecular weight is 377 g/mol. The van der Waals surface area contributed by atoms with E-state index in [2.05, 4.69) is 46.9 Å². The number of benzene rings is 1. The van der Waals surface area contributed by atoms with Crippen molar-refractivity contribution in [2.75, 3.05) is 12.5 Å². The van der Waals surface area contributed by atoms with Gasteiger partial charge in [-0.1, -0.05) is 12.1 Å². The molecule has 0 radical (unpaired) electrons. The number of ether oxygens (including phenoxy) is 1. The molecule has 1 aliphatic carbocycles. The summed E-state index contributed by atoms with van der Waals surface area (Å²) >= 11 is 8.68. The molecule has 2 unspecified atom stereocenters. The lowest BCUT2D eigenvalue weighted by atomic mass is 9.76. The summed E-state index contributed by atoms with van der Waals surface area (Å²) in [6.45, 7) is 0.887. The molecule has 2 fully saturated rings. The van der Waals surface area contributed by atoms with E-state index in [1.54, 1.807) is 0 Å². The molecule has 18 heavy (non-hydrogen) atoms. The first-order valence-electron chi connectivity index (χ1n) is 6.65. The van der Waals surface area contributed by atoms with Gasteiger partial charge in [0.25, 0.3) is 0 Å². The van der Waals surface area contributed by atoms with Crippen LogP contribution in [0, 0.1) is 14.9 Å². The Morgan fingerprint density at radius 2 is 2.00 bits per heavy atom. The van der Waals surface area contributed by atoms with Crippen molar-refractivity contribution in [1.82, 2.24) is 0 Å². The topological polar surface area (TPSA) is 9.23 Å². The van der Waals surface area contributed by atoms with Crippen LogP contribution < -0.4 is 0 Å². The molecule has 3 rings (SSSR count). The third-order valence-electron chi connectivity index (χ3n) is 4.29. The Bertz CT molecular complexity index is 415. The van der Waals surface area contributed by atoms with Gasteiger partial charge in [0, 0.05) is 21.5 Å². The molecule has 1 saturated heterocycles. The Labute approximate surface area is 127 Å². The van der Waals surface area contributed by atoms with Crippen molar-refractivity contribution in [2.45, 2.75) is 31.8 Å². The Morgan fingerprint density at radius 3 is 2.61 bits per heavy atom. The maximum atomic E-state index is 6.33. The van der Waals surface area contributed by atoms with Gasteiger partial charge in [-0.15, -0.1) is 11.6 Å². The van der Waals surface area contributed by atoms with Gasteiger partial charge in [0.15, 0.2) is 0 Å². The van der Waals surface area contributed by atoms with Gasteiger partial charge in [0.2, 0.25) is 0 Å². The van der Waals surface area contributed by atoms with E-state index in [1.807, 2.05) is 0 Å². The maximum Gasteiger partial charge on any atom is 0.0674 e. The highest BCUT2D eigenvalue weighted by atomic mass is 127. The molecular formula is C15H18ClIO. The van der Waals surface area contributed by atoms with Crippen LogP contribution in [0.3, 0.4) is 0 Å². The zero-order valence-corrected chi connectivity index (χ0v) is 13.3. The Kier molecular flexibility index (Phi) is 3.88. The Hall–Kier alpha value is 0.200. The second-order valence-corrected chi connectivity index (χ2v) is 7.19. The fourth-order valence-corrected chi connectivity index (χ4v) is 3.87. The second kappa shape index (κ2) is 5.29. The van der Waals surface area contributed by atoms with E-state index in [9.17, 15) is 0 Å². The normalized spacial score (nSPS) is 31.8.